The third kappa shape index (κ3) is 2.88. The van der Waals surface area contributed by atoms with E-state index >= 15 is 0 Å². The molecular formula is C8H9N2O3S-. The van der Waals surface area contributed by atoms with Crippen LogP contribution in [0.2, 0.25) is 0 Å². The molecule has 0 saturated carbocycles. The molecule has 0 aliphatic heterocycles. The molecule has 0 unspecified atom stereocenters. The number of carboxylic acid groups (broad SMARTS) is 1. The topological polar surface area (TPSA) is 75.0 Å². The molecule has 0 amide bonds. The number of aromatic nitrogens is 2. The summed E-state index contributed by atoms with van der Waals surface area (Å²) in [6.45, 7) is 0.100. The highest BCUT2D eigenvalue weighted by Gasteiger charge is 1.98. The Morgan fingerprint density at radius 3 is 2.93 bits per heavy atom. The first-order valence-corrected chi connectivity index (χ1v) is 5.17. The van der Waals surface area contributed by atoms with E-state index in [1.165, 1.54) is 22.5 Å². The third-order valence-corrected chi connectivity index (χ3v) is 2.26. The number of thioether (sulfide) groups is 1. The van der Waals surface area contributed by atoms with Gasteiger partial charge >= 0.3 is 5.69 Å². The highest BCUT2D eigenvalue weighted by Crippen LogP contribution is 2.06. The van der Waals surface area contributed by atoms with Gasteiger partial charge in [-0.2, -0.15) is 4.98 Å². The van der Waals surface area contributed by atoms with Crippen molar-refractivity contribution in [3.8, 4) is 0 Å². The first-order valence-electron chi connectivity index (χ1n) is 3.95. The maximum atomic E-state index is 11.2. The number of aliphatic carboxylic acids is 1. The van der Waals surface area contributed by atoms with Crippen molar-refractivity contribution in [3.63, 3.8) is 0 Å². The van der Waals surface area contributed by atoms with Crippen LogP contribution in [0.5, 0.6) is 0 Å². The van der Waals surface area contributed by atoms with Gasteiger partial charge in [-0.3, -0.25) is 4.57 Å². The normalized spacial score (nSPS) is 10.1. The average Bonchev–Trinajstić information content (AvgIpc) is 2.15. The maximum absolute atomic E-state index is 11.2. The van der Waals surface area contributed by atoms with Gasteiger partial charge in [0.2, 0.25) is 0 Å². The summed E-state index contributed by atoms with van der Waals surface area (Å²) in [6.07, 6.45) is 3.16. The quantitative estimate of drug-likeness (QED) is 0.479. The van der Waals surface area contributed by atoms with Gasteiger partial charge in [0.05, 0.1) is 0 Å². The summed E-state index contributed by atoms with van der Waals surface area (Å²) >= 11 is 1.36. The van der Waals surface area contributed by atoms with E-state index < -0.39 is 11.7 Å². The standard InChI is InChI=1S/C8H10N2O3S/c1-14-6-2-4-10(8(13)9-6)5-3-7(11)12/h2,4H,3,5H2,1H3,(H,11,12)/p-1. The van der Waals surface area contributed by atoms with Gasteiger partial charge in [-0.05, 0) is 12.3 Å². The molecule has 0 aliphatic carbocycles. The second-order valence-electron chi connectivity index (χ2n) is 2.57. The van der Waals surface area contributed by atoms with Crippen molar-refractivity contribution < 1.29 is 9.90 Å². The lowest BCUT2D eigenvalue weighted by Crippen LogP contribution is -2.28. The molecule has 0 N–H and O–H groups in total. The van der Waals surface area contributed by atoms with Gasteiger partial charge in [0, 0.05) is 25.1 Å². The zero-order valence-corrected chi connectivity index (χ0v) is 8.41. The van der Waals surface area contributed by atoms with Crippen LogP contribution in [0.4, 0.5) is 0 Å². The van der Waals surface area contributed by atoms with Crippen LogP contribution in [-0.2, 0) is 11.3 Å². The Kier molecular flexibility index (Phi) is 3.70. The molecule has 0 radical (unpaired) electrons. The van der Waals surface area contributed by atoms with Crippen LogP contribution in [0.15, 0.2) is 22.1 Å². The minimum absolute atomic E-state index is 0.100. The van der Waals surface area contributed by atoms with Crippen LogP contribution >= 0.6 is 11.8 Å². The van der Waals surface area contributed by atoms with E-state index in [1.807, 2.05) is 6.26 Å². The van der Waals surface area contributed by atoms with Crippen molar-refractivity contribution in [2.24, 2.45) is 0 Å². The van der Waals surface area contributed by atoms with Crippen molar-refractivity contribution in [2.75, 3.05) is 6.26 Å². The summed E-state index contributed by atoms with van der Waals surface area (Å²) in [6, 6.07) is 1.67. The molecule has 5 nitrogen and oxygen atoms in total. The Labute approximate surface area is 84.8 Å². The molecule has 0 aliphatic rings. The number of carbonyl (C=O) groups is 1. The molecular weight excluding hydrogens is 204 g/mol. The molecule has 1 rings (SSSR count). The fraction of sp³-hybridized carbons (Fsp3) is 0.375. The summed E-state index contributed by atoms with van der Waals surface area (Å²) in [5.41, 5.74) is -0.432. The number of carbonyl (C=O) groups excluding carboxylic acids is 1. The fourth-order valence-electron chi connectivity index (χ4n) is 0.909. The highest BCUT2D eigenvalue weighted by molar-refractivity contribution is 7.98. The van der Waals surface area contributed by atoms with Crippen molar-refractivity contribution in [1.29, 1.82) is 0 Å². The monoisotopic (exact) mass is 213 g/mol. The molecule has 1 heterocycles. The average molecular weight is 213 g/mol. The first-order chi connectivity index (χ1) is 6.63. The van der Waals surface area contributed by atoms with Gasteiger partial charge in [-0.15, -0.1) is 11.8 Å². The van der Waals surface area contributed by atoms with Crippen molar-refractivity contribution in [2.45, 2.75) is 18.0 Å². The van der Waals surface area contributed by atoms with E-state index in [4.69, 9.17) is 0 Å². The molecule has 0 atom stereocenters. The molecule has 0 fully saturated rings. The Balaban J connectivity index is 2.79. The number of rotatable bonds is 4. The van der Waals surface area contributed by atoms with Crippen LogP contribution in [0, 0.1) is 0 Å². The molecule has 1 aromatic rings. The molecule has 76 valence electrons. The number of hydrogen-bond acceptors (Lipinski definition) is 5. The number of hydrogen-bond donors (Lipinski definition) is 0. The van der Waals surface area contributed by atoms with E-state index in [1.54, 1.807) is 6.07 Å². The molecule has 0 spiro atoms. The minimum Gasteiger partial charge on any atom is -0.550 e. The predicted octanol–water partition coefficient (Wildman–Crippen LogP) is -0.895. The van der Waals surface area contributed by atoms with Crippen molar-refractivity contribution >= 4 is 17.7 Å². The SMILES string of the molecule is CSc1ccn(CCC(=O)[O-])c(=O)n1. The number of nitrogens with zero attached hydrogens (tertiary/aromatic N) is 2. The van der Waals surface area contributed by atoms with Crippen LogP contribution < -0.4 is 10.8 Å². The first kappa shape index (κ1) is 10.8. The van der Waals surface area contributed by atoms with Gasteiger partial charge in [0.1, 0.15) is 5.03 Å². The maximum Gasteiger partial charge on any atom is 0.348 e. The van der Waals surface area contributed by atoms with E-state index in [-0.39, 0.29) is 13.0 Å². The van der Waals surface area contributed by atoms with Crippen molar-refractivity contribution in [1.82, 2.24) is 9.55 Å². The summed E-state index contributed by atoms with van der Waals surface area (Å²) < 4.78 is 1.25. The van der Waals surface area contributed by atoms with Crippen LogP contribution in [0.25, 0.3) is 0 Å². The second kappa shape index (κ2) is 4.80. The zero-order chi connectivity index (χ0) is 10.6. The van der Waals surface area contributed by atoms with Gasteiger partial charge in [-0.1, -0.05) is 0 Å². The minimum atomic E-state index is -1.18. The summed E-state index contributed by atoms with van der Waals surface area (Å²) in [7, 11) is 0. The number of aryl methyl sites for hydroxylation is 1. The lowest BCUT2D eigenvalue weighted by Gasteiger charge is -2.05. The number of carboxylic acids is 1. The molecule has 0 saturated heterocycles. The van der Waals surface area contributed by atoms with E-state index in [2.05, 4.69) is 4.98 Å². The Hall–Kier alpha value is -1.30. The summed E-state index contributed by atoms with van der Waals surface area (Å²) in [4.78, 5) is 25.1. The van der Waals surface area contributed by atoms with Gasteiger partial charge in [0.15, 0.2) is 0 Å². The summed E-state index contributed by atoms with van der Waals surface area (Å²) in [5.74, 6) is -1.18. The smallest absolute Gasteiger partial charge is 0.348 e. The molecule has 0 aromatic carbocycles. The van der Waals surface area contributed by atoms with E-state index in [0.29, 0.717) is 5.03 Å². The van der Waals surface area contributed by atoms with Crippen LogP contribution in [0.3, 0.4) is 0 Å². The summed E-state index contributed by atoms with van der Waals surface area (Å²) in [5, 5.41) is 10.8. The van der Waals surface area contributed by atoms with E-state index in [0.717, 1.165) is 0 Å². The molecule has 14 heavy (non-hydrogen) atoms. The Morgan fingerprint density at radius 2 is 2.43 bits per heavy atom. The lowest BCUT2D eigenvalue weighted by atomic mass is 10.4. The van der Waals surface area contributed by atoms with Gasteiger partial charge in [-0.25, -0.2) is 4.79 Å². The molecule has 6 heteroatoms. The fourth-order valence-corrected chi connectivity index (χ4v) is 1.28. The van der Waals surface area contributed by atoms with Crippen LogP contribution in [-0.4, -0.2) is 21.8 Å². The molecule has 0 bridgehead atoms. The predicted molar refractivity (Wildman–Crippen MR) is 49.9 cm³/mol. The lowest BCUT2D eigenvalue weighted by molar-refractivity contribution is -0.305. The van der Waals surface area contributed by atoms with E-state index in [9.17, 15) is 14.7 Å². The van der Waals surface area contributed by atoms with Gasteiger partial charge < -0.3 is 9.90 Å². The van der Waals surface area contributed by atoms with Gasteiger partial charge in [0.25, 0.3) is 0 Å². The van der Waals surface area contributed by atoms with Crippen molar-refractivity contribution in [3.05, 3.63) is 22.7 Å². The largest absolute Gasteiger partial charge is 0.550 e. The highest BCUT2D eigenvalue weighted by atomic mass is 32.2. The zero-order valence-electron chi connectivity index (χ0n) is 7.60. The Bertz CT molecular complexity index is 388. The van der Waals surface area contributed by atoms with Crippen LogP contribution in [0.1, 0.15) is 6.42 Å². The Morgan fingerprint density at radius 1 is 1.71 bits per heavy atom. The third-order valence-electron chi connectivity index (χ3n) is 1.61. The molecule has 1 aromatic heterocycles. The second-order valence-corrected chi connectivity index (χ2v) is 3.39.